The highest BCUT2D eigenvalue weighted by molar-refractivity contribution is 5.25. The maximum atomic E-state index is 6.34. The summed E-state index contributed by atoms with van der Waals surface area (Å²) in [5.74, 6) is 0.805. The van der Waals surface area contributed by atoms with Crippen molar-refractivity contribution in [3.63, 3.8) is 0 Å². The van der Waals surface area contributed by atoms with Gasteiger partial charge in [-0.1, -0.05) is 31.2 Å². The van der Waals surface area contributed by atoms with Gasteiger partial charge >= 0.3 is 0 Å². The number of benzene rings is 1. The Morgan fingerprint density at radius 3 is 2.60 bits per heavy atom. The molecular weight excluding hydrogens is 246 g/mol. The minimum Gasteiger partial charge on any atom is -0.323 e. The van der Waals surface area contributed by atoms with Crippen molar-refractivity contribution in [1.29, 1.82) is 0 Å². The molecule has 1 aliphatic rings. The Balaban J connectivity index is 1.81. The van der Waals surface area contributed by atoms with Crippen LogP contribution in [0.4, 0.5) is 0 Å². The fourth-order valence-corrected chi connectivity index (χ4v) is 3.13. The van der Waals surface area contributed by atoms with Crippen LogP contribution in [0.15, 0.2) is 24.3 Å². The quantitative estimate of drug-likeness (QED) is 0.863. The van der Waals surface area contributed by atoms with E-state index >= 15 is 0 Å². The number of likely N-dealkylation sites (N-methyl/N-ethyl adjacent to an activating group) is 1. The fourth-order valence-electron chi connectivity index (χ4n) is 3.13. The first-order valence-electron chi connectivity index (χ1n) is 7.80. The summed E-state index contributed by atoms with van der Waals surface area (Å²) in [6.07, 6.45) is 2.41. The first-order chi connectivity index (χ1) is 9.58. The molecule has 1 aromatic rings. The van der Waals surface area contributed by atoms with E-state index in [4.69, 9.17) is 5.73 Å². The standard InChI is InChI=1S/C17H29N3/c1-4-14-5-7-16(8-6-14)17(18)13-20(3)12-15-9-10-19(2)11-15/h5-8,15,17H,4,9-13,18H2,1-3H3. The van der Waals surface area contributed by atoms with E-state index < -0.39 is 0 Å². The molecule has 3 nitrogen and oxygen atoms in total. The fraction of sp³-hybridized carbons (Fsp3) is 0.647. The first-order valence-corrected chi connectivity index (χ1v) is 7.80. The van der Waals surface area contributed by atoms with Crippen molar-refractivity contribution in [2.75, 3.05) is 40.3 Å². The third kappa shape index (κ3) is 4.30. The molecule has 0 bridgehead atoms. The van der Waals surface area contributed by atoms with Gasteiger partial charge in [0.2, 0.25) is 0 Å². The van der Waals surface area contributed by atoms with Crippen LogP contribution < -0.4 is 5.73 Å². The van der Waals surface area contributed by atoms with E-state index in [2.05, 4.69) is 55.1 Å². The Kier molecular flexibility index (Phi) is 5.58. The zero-order valence-corrected chi connectivity index (χ0v) is 13.2. The van der Waals surface area contributed by atoms with E-state index in [9.17, 15) is 0 Å². The Bertz CT molecular complexity index is 401. The number of aryl methyl sites for hydroxylation is 1. The zero-order valence-electron chi connectivity index (χ0n) is 13.2. The van der Waals surface area contributed by atoms with Crippen LogP contribution in [0.1, 0.15) is 30.5 Å². The van der Waals surface area contributed by atoms with Gasteiger partial charge in [0.05, 0.1) is 0 Å². The molecule has 1 saturated heterocycles. The molecule has 0 radical (unpaired) electrons. The third-order valence-electron chi connectivity index (χ3n) is 4.38. The van der Waals surface area contributed by atoms with Gasteiger partial charge < -0.3 is 15.5 Å². The molecule has 2 N–H and O–H groups in total. The van der Waals surface area contributed by atoms with Crippen molar-refractivity contribution in [2.24, 2.45) is 11.7 Å². The minimum absolute atomic E-state index is 0.116. The minimum atomic E-state index is 0.116. The first kappa shape index (κ1) is 15.5. The molecule has 1 aliphatic heterocycles. The van der Waals surface area contributed by atoms with Crippen molar-refractivity contribution in [3.8, 4) is 0 Å². The molecular formula is C17H29N3. The van der Waals surface area contributed by atoms with Crippen LogP contribution in [-0.2, 0) is 6.42 Å². The summed E-state index contributed by atoms with van der Waals surface area (Å²) in [5, 5.41) is 0. The van der Waals surface area contributed by atoms with E-state index in [0.717, 1.165) is 25.4 Å². The van der Waals surface area contributed by atoms with Gasteiger partial charge in [-0.25, -0.2) is 0 Å². The molecule has 2 unspecified atom stereocenters. The van der Waals surface area contributed by atoms with Crippen molar-refractivity contribution < 1.29 is 0 Å². The lowest BCUT2D eigenvalue weighted by molar-refractivity contribution is 0.260. The summed E-state index contributed by atoms with van der Waals surface area (Å²) < 4.78 is 0. The topological polar surface area (TPSA) is 32.5 Å². The molecule has 0 aromatic heterocycles. The third-order valence-corrected chi connectivity index (χ3v) is 4.38. The van der Waals surface area contributed by atoms with Gasteiger partial charge in [0.1, 0.15) is 0 Å². The van der Waals surface area contributed by atoms with Crippen LogP contribution in [-0.4, -0.2) is 50.1 Å². The zero-order chi connectivity index (χ0) is 14.5. The van der Waals surface area contributed by atoms with Gasteiger partial charge in [0, 0.05) is 25.7 Å². The molecule has 0 amide bonds. The SMILES string of the molecule is CCc1ccc(C(N)CN(C)CC2CCN(C)C2)cc1. The molecule has 1 heterocycles. The van der Waals surface area contributed by atoms with E-state index in [1.165, 1.54) is 30.6 Å². The van der Waals surface area contributed by atoms with Crippen LogP contribution in [0.2, 0.25) is 0 Å². The molecule has 1 aromatic carbocycles. The molecule has 1 fully saturated rings. The largest absolute Gasteiger partial charge is 0.323 e. The highest BCUT2D eigenvalue weighted by Crippen LogP contribution is 2.17. The number of nitrogens with zero attached hydrogens (tertiary/aromatic N) is 2. The van der Waals surface area contributed by atoms with Crippen LogP contribution >= 0.6 is 0 Å². The second-order valence-electron chi connectivity index (χ2n) is 6.34. The molecule has 0 aliphatic carbocycles. The highest BCUT2D eigenvalue weighted by atomic mass is 15.2. The van der Waals surface area contributed by atoms with E-state index in [0.29, 0.717) is 0 Å². The van der Waals surface area contributed by atoms with Gasteiger partial charge in [-0.2, -0.15) is 0 Å². The molecule has 2 rings (SSSR count). The van der Waals surface area contributed by atoms with Crippen LogP contribution in [0, 0.1) is 5.92 Å². The maximum Gasteiger partial charge on any atom is 0.0424 e. The average molecular weight is 275 g/mol. The predicted molar refractivity (Wildman–Crippen MR) is 85.8 cm³/mol. The lowest BCUT2D eigenvalue weighted by Crippen LogP contribution is -2.33. The average Bonchev–Trinajstić information content (AvgIpc) is 2.84. The number of rotatable bonds is 6. The summed E-state index contributed by atoms with van der Waals surface area (Å²) in [5.41, 5.74) is 8.96. The lowest BCUT2D eigenvalue weighted by Gasteiger charge is -2.24. The number of hydrogen-bond donors (Lipinski definition) is 1. The second kappa shape index (κ2) is 7.21. The van der Waals surface area contributed by atoms with Crippen LogP contribution in [0.3, 0.4) is 0 Å². The Morgan fingerprint density at radius 2 is 2.05 bits per heavy atom. The summed E-state index contributed by atoms with van der Waals surface area (Å²) in [7, 11) is 4.40. The number of nitrogens with two attached hydrogens (primary N) is 1. The number of likely N-dealkylation sites (tertiary alicyclic amines) is 1. The van der Waals surface area contributed by atoms with Crippen molar-refractivity contribution in [3.05, 3.63) is 35.4 Å². The second-order valence-corrected chi connectivity index (χ2v) is 6.34. The summed E-state index contributed by atoms with van der Waals surface area (Å²) >= 11 is 0. The van der Waals surface area contributed by atoms with Crippen LogP contribution in [0.5, 0.6) is 0 Å². The van der Waals surface area contributed by atoms with Gasteiger partial charge in [-0.3, -0.25) is 0 Å². The Labute approximate surface area is 123 Å². The van der Waals surface area contributed by atoms with Crippen molar-refractivity contribution >= 4 is 0 Å². The Hall–Kier alpha value is -0.900. The number of hydrogen-bond acceptors (Lipinski definition) is 3. The van der Waals surface area contributed by atoms with Crippen LogP contribution in [0.25, 0.3) is 0 Å². The normalized spacial score (nSPS) is 21.6. The molecule has 0 spiro atoms. The Morgan fingerprint density at radius 1 is 1.35 bits per heavy atom. The highest BCUT2D eigenvalue weighted by Gasteiger charge is 2.21. The molecule has 2 atom stereocenters. The van der Waals surface area contributed by atoms with Crippen molar-refractivity contribution in [2.45, 2.75) is 25.8 Å². The maximum absolute atomic E-state index is 6.34. The summed E-state index contributed by atoms with van der Waals surface area (Å²) in [6.45, 7) is 6.74. The van der Waals surface area contributed by atoms with E-state index in [1.807, 2.05) is 0 Å². The van der Waals surface area contributed by atoms with Gasteiger partial charge in [-0.15, -0.1) is 0 Å². The molecule has 20 heavy (non-hydrogen) atoms. The van der Waals surface area contributed by atoms with Gasteiger partial charge in [0.25, 0.3) is 0 Å². The smallest absolute Gasteiger partial charge is 0.0424 e. The van der Waals surface area contributed by atoms with E-state index in [1.54, 1.807) is 0 Å². The summed E-state index contributed by atoms with van der Waals surface area (Å²) in [6, 6.07) is 8.87. The van der Waals surface area contributed by atoms with Gasteiger partial charge in [-0.05, 0) is 50.5 Å². The van der Waals surface area contributed by atoms with Crippen molar-refractivity contribution in [1.82, 2.24) is 9.80 Å². The molecule has 3 heteroatoms. The lowest BCUT2D eigenvalue weighted by atomic mass is 10.0. The van der Waals surface area contributed by atoms with Gasteiger partial charge in [0.15, 0.2) is 0 Å². The van der Waals surface area contributed by atoms with E-state index in [-0.39, 0.29) is 6.04 Å². The predicted octanol–water partition coefficient (Wildman–Crippen LogP) is 2.13. The molecule has 0 saturated carbocycles. The molecule has 112 valence electrons. The summed E-state index contributed by atoms with van der Waals surface area (Å²) in [4.78, 5) is 4.81. The monoisotopic (exact) mass is 275 g/mol.